The zero-order valence-corrected chi connectivity index (χ0v) is 9.32. The third-order valence-corrected chi connectivity index (χ3v) is 3.82. The van der Waals surface area contributed by atoms with E-state index < -0.39 is 0 Å². The van der Waals surface area contributed by atoms with E-state index in [-0.39, 0.29) is 5.82 Å². The first-order valence-electron chi connectivity index (χ1n) is 5.99. The Balaban J connectivity index is 1.66. The molecule has 0 unspecified atom stereocenters. The maximum absolute atomic E-state index is 13.5. The van der Waals surface area contributed by atoms with E-state index in [2.05, 4.69) is 10.2 Å². The van der Waals surface area contributed by atoms with Crippen molar-refractivity contribution in [3.63, 3.8) is 0 Å². The molecule has 16 heavy (non-hydrogen) atoms. The predicted octanol–water partition coefficient (Wildman–Crippen LogP) is 1.48. The maximum Gasteiger partial charge on any atom is 0.127 e. The normalized spacial score (nSPS) is 29.6. The second-order valence-corrected chi connectivity index (χ2v) is 4.96. The molecular formula is C13H17FN2. The van der Waals surface area contributed by atoms with Gasteiger partial charge in [-0.25, -0.2) is 4.39 Å². The largest absolute Gasteiger partial charge is 0.316 e. The summed E-state index contributed by atoms with van der Waals surface area (Å²) in [6.07, 6.45) is 0. The van der Waals surface area contributed by atoms with Crippen LogP contribution in [0.15, 0.2) is 24.3 Å². The highest BCUT2D eigenvalue weighted by molar-refractivity contribution is 5.17. The van der Waals surface area contributed by atoms with E-state index in [0.29, 0.717) is 0 Å². The van der Waals surface area contributed by atoms with Crippen LogP contribution in [-0.2, 0) is 6.54 Å². The van der Waals surface area contributed by atoms with Crippen molar-refractivity contribution >= 4 is 0 Å². The maximum atomic E-state index is 13.5. The summed E-state index contributed by atoms with van der Waals surface area (Å²) < 4.78 is 13.5. The molecule has 1 N–H and O–H groups in total. The molecule has 2 aliphatic rings. The van der Waals surface area contributed by atoms with Crippen LogP contribution < -0.4 is 5.32 Å². The summed E-state index contributed by atoms with van der Waals surface area (Å²) in [4.78, 5) is 2.38. The van der Waals surface area contributed by atoms with E-state index in [1.807, 2.05) is 12.1 Å². The van der Waals surface area contributed by atoms with Gasteiger partial charge in [-0.3, -0.25) is 4.90 Å². The minimum atomic E-state index is -0.0716. The number of likely N-dealkylation sites (tertiary alicyclic amines) is 1. The van der Waals surface area contributed by atoms with Gasteiger partial charge in [0.2, 0.25) is 0 Å². The van der Waals surface area contributed by atoms with Gasteiger partial charge in [-0.1, -0.05) is 18.2 Å². The molecule has 2 atom stereocenters. The first-order valence-corrected chi connectivity index (χ1v) is 5.99. The zero-order valence-electron chi connectivity index (χ0n) is 9.32. The van der Waals surface area contributed by atoms with E-state index in [1.165, 1.54) is 0 Å². The quantitative estimate of drug-likeness (QED) is 0.812. The smallest absolute Gasteiger partial charge is 0.127 e. The van der Waals surface area contributed by atoms with Crippen molar-refractivity contribution in [3.8, 4) is 0 Å². The van der Waals surface area contributed by atoms with E-state index in [4.69, 9.17) is 0 Å². The summed E-state index contributed by atoms with van der Waals surface area (Å²) in [5.74, 6) is 1.50. The summed E-state index contributed by atoms with van der Waals surface area (Å²) in [7, 11) is 0. The van der Waals surface area contributed by atoms with Gasteiger partial charge in [0.15, 0.2) is 0 Å². The Bertz CT molecular complexity index is 368. The van der Waals surface area contributed by atoms with Crippen molar-refractivity contribution in [3.05, 3.63) is 35.6 Å². The number of halogens is 1. The fourth-order valence-electron chi connectivity index (χ4n) is 2.95. The highest BCUT2D eigenvalue weighted by Gasteiger charge is 2.35. The van der Waals surface area contributed by atoms with E-state index in [1.54, 1.807) is 12.1 Å². The van der Waals surface area contributed by atoms with Crippen LogP contribution in [0, 0.1) is 17.7 Å². The average molecular weight is 220 g/mol. The molecule has 0 aliphatic carbocycles. The van der Waals surface area contributed by atoms with Crippen LogP contribution >= 0.6 is 0 Å². The van der Waals surface area contributed by atoms with Crippen LogP contribution in [0.1, 0.15) is 5.56 Å². The van der Waals surface area contributed by atoms with Crippen molar-refractivity contribution < 1.29 is 4.39 Å². The van der Waals surface area contributed by atoms with E-state index >= 15 is 0 Å². The number of nitrogens with zero attached hydrogens (tertiary/aromatic N) is 1. The van der Waals surface area contributed by atoms with Gasteiger partial charge in [0.1, 0.15) is 5.82 Å². The molecule has 1 aromatic rings. The van der Waals surface area contributed by atoms with Gasteiger partial charge in [0.25, 0.3) is 0 Å². The van der Waals surface area contributed by atoms with Gasteiger partial charge < -0.3 is 5.32 Å². The molecule has 0 aromatic heterocycles. The lowest BCUT2D eigenvalue weighted by atomic mass is 10.0. The molecule has 0 bridgehead atoms. The van der Waals surface area contributed by atoms with Crippen LogP contribution in [0.3, 0.4) is 0 Å². The Morgan fingerprint density at radius 2 is 1.88 bits per heavy atom. The van der Waals surface area contributed by atoms with Gasteiger partial charge in [-0.2, -0.15) is 0 Å². The van der Waals surface area contributed by atoms with E-state index in [0.717, 1.165) is 50.1 Å². The molecule has 86 valence electrons. The standard InChI is InChI=1S/C13H17FN2/c14-13-4-2-1-3-10(13)7-16-8-11-5-15-6-12(11)9-16/h1-4,11-12,15H,5-9H2/t11-,12+. The molecule has 0 spiro atoms. The topological polar surface area (TPSA) is 15.3 Å². The highest BCUT2D eigenvalue weighted by Crippen LogP contribution is 2.27. The third-order valence-electron chi connectivity index (χ3n) is 3.82. The SMILES string of the molecule is Fc1ccccc1CN1C[C@H]2CNC[C@H]2C1. The van der Waals surface area contributed by atoms with Crippen LogP contribution in [-0.4, -0.2) is 31.1 Å². The molecule has 3 rings (SSSR count). The molecule has 3 heteroatoms. The first-order chi connectivity index (χ1) is 7.83. The van der Waals surface area contributed by atoms with Crippen molar-refractivity contribution in [2.75, 3.05) is 26.2 Å². The first kappa shape index (κ1) is 10.2. The number of hydrogen-bond acceptors (Lipinski definition) is 2. The van der Waals surface area contributed by atoms with Crippen LogP contribution in [0.4, 0.5) is 4.39 Å². The number of benzene rings is 1. The van der Waals surface area contributed by atoms with Gasteiger partial charge in [-0.05, 0) is 31.0 Å². The highest BCUT2D eigenvalue weighted by atomic mass is 19.1. The summed E-state index contributed by atoms with van der Waals surface area (Å²) in [6.45, 7) is 5.27. The molecule has 0 radical (unpaired) electrons. The van der Waals surface area contributed by atoms with Gasteiger partial charge in [-0.15, -0.1) is 0 Å². The Labute approximate surface area is 95.4 Å². The monoisotopic (exact) mass is 220 g/mol. The lowest BCUT2D eigenvalue weighted by molar-refractivity contribution is 0.301. The lowest BCUT2D eigenvalue weighted by Gasteiger charge is -2.17. The third kappa shape index (κ3) is 1.85. The minimum Gasteiger partial charge on any atom is -0.316 e. The van der Waals surface area contributed by atoms with Crippen LogP contribution in [0.25, 0.3) is 0 Å². The second kappa shape index (κ2) is 4.15. The van der Waals surface area contributed by atoms with Crippen molar-refractivity contribution in [1.29, 1.82) is 0 Å². The van der Waals surface area contributed by atoms with Gasteiger partial charge in [0.05, 0.1) is 0 Å². The summed E-state index contributed by atoms with van der Waals surface area (Å²) in [5.41, 5.74) is 0.829. The molecule has 0 saturated carbocycles. The van der Waals surface area contributed by atoms with Crippen LogP contribution in [0.2, 0.25) is 0 Å². The Hall–Kier alpha value is -0.930. The summed E-state index contributed by atoms with van der Waals surface area (Å²) >= 11 is 0. The predicted molar refractivity (Wildman–Crippen MR) is 61.5 cm³/mol. The minimum absolute atomic E-state index is 0.0716. The average Bonchev–Trinajstić information content (AvgIpc) is 2.81. The molecule has 2 aliphatic heterocycles. The number of hydrogen-bond donors (Lipinski definition) is 1. The van der Waals surface area contributed by atoms with Crippen molar-refractivity contribution in [2.45, 2.75) is 6.54 Å². The Kier molecular flexibility index (Phi) is 2.65. The molecular weight excluding hydrogens is 203 g/mol. The van der Waals surface area contributed by atoms with E-state index in [9.17, 15) is 4.39 Å². The van der Waals surface area contributed by atoms with Gasteiger partial charge >= 0.3 is 0 Å². The van der Waals surface area contributed by atoms with Crippen LogP contribution in [0.5, 0.6) is 0 Å². The fourth-order valence-corrected chi connectivity index (χ4v) is 2.95. The fraction of sp³-hybridized carbons (Fsp3) is 0.538. The summed E-state index contributed by atoms with van der Waals surface area (Å²) in [5, 5.41) is 3.42. The lowest BCUT2D eigenvalue weighted by Crippen LogP contribution is -2.25. The molecule has 0 amide bonds. The van der Waals surface area contributed by atoms with Gasteiger partial charge in [0, 0.05) is 25.2 Å². The van der Waals surface area contributed by atoms with Crippen molar-refractivity contribution in [1.82, 2.24) is 10.2 Å². The molecule has 2 fully saturated rings. The van der Waals surface area contributed by atoms with Crippen molar-refractivity contribution in [2.24, 2.45) is 11.8 Å². The molecule has 1 aromatic carbocycles. The zero-order chi connectivity index (χ0) is 11.0. The number of nitrogens with one attached hydrogen (secondary N) is 1. The molecule has 2 saturated heterocycles. The number of fused-ring (bicyclic) bond motifs is 1. The summed E-state index contributed by atoms with van der Waals surface area (Å²) in [6, 6.07) is 7.10. The molecule has 2 nitrogen and oxygen atoms in total. The molecule has 2 heterocycles. The number of rotatable bonds is 2. The second-order valence-electron chi connectivity index (χ2n) is 4.96. The Morgan fingerprint density at radius 3 is 2.56 bits per heavy atom. The Morgan fingerprint density at radius 1 is 1.19 bits per heavy atom.